The third kappa shape index (κ3) is 2.13. The first-order valence-electron chi connectivity index (χ1n) is 4.04. The third-order valence-electron chi connectivity index (χ3n) is 1.86. The molecule has 0 radical (unpaired) electrons. The minimum Gasteiger partial charge on any atom is -0.494 e. The molecule has 13 heavy (non-hydrogen) atoms. The zero-order valence-corrected chi connectivity index (χ0v) is 8.65. The van der Waals surface area contributed by atoms with Gasteiger partial charge in [0.2, 0.25) is 0 Å². The van der Waals surface area contributed by atoms with E-state index < -0.39 is 0 Å². The maximum Gasteiger partial charge on any atom is 0.169 e. The van der Waals surface area contributed by atoms with E-state index in [1.165, 1.54) is 7.11 Å². The van der Waals surface area contributed by atoms with Crippen molar-refractivity contribution >= 4 is 11.6 Å². The molecule has 1 aromatic rings. The van der Waals surface area contributed by atoms with Crippen molar-refractivity contribution in [2.45, 2.75) is 19.2 Å². The second kappa shape index (κ2) is 3.97. The molecule has 0 aliphatic rings. The zero-order chi connectivity index (χ0) is 10.0. The van der Waals surface area contributed by atoms with E-state index in [1.54, 1.807) is 19.1 Å². The maximum absolute atomic E-state index is 13.5. The summed E-state index contributed by atoms with van der Waals surface area (Å²) in [5.74, 6) is -0.113. The molecule has 3 heteroatoms. The average molecular weight is 203 g/mol. The van der Waals surface area contributed by atoms with E-state index in [0.717, 1.165) is 5.56 Å². The van der Waals surface area contributed by atoms with Crippen molar-refractivity contribution in [3.05, 3.63) is 29.1 Å². The molecule has 0 aromatic heterocycles. The number of hydrogen-bond acceptors (Lipinski definition) is 1. The molecule has 1 aromatic carbocycles. The molecule has 0 bridgehead atoms. The van der Waals surface area contributed by atoms with Crippen molar-refractivity contribution in [3.63, 3.8) is 0 Å². The van der Waals surface area contributed by atoms with Gasteiger partial charge in [0.15, 0.2) is 11.6 Å². The standard InChI is InChI=1S/C10H12ClFO/c1-6-4-8(7(2)11)10(12)9(5-6)13-3/h4-5,7H,1-3H3. The molecular formula is C10H12ClFO. The van der Waals surface area contributed by atoms with Crippen LogP contribution >= 0.6 is 11.6 Å². The number of halogens is 2. The Labute approximate surface area is 82.5 Å². The minimum absolute atomic E-state index is 0.252. The third-order valence-corrected chi connectivity index (χ3v) is 2.10. The van der Waals surface area contributed by atoms with Crippen LogP contribution in [0, 0.1) is 12.7 Å². The van der Waals surface area contributed by atoms with Gasteiger partial charge in [0.25, 0.3) is 0 Å². The first-order chi connectivity index (χ1) is 6.06. The van der Waals surface area contributed by atoms with E-state index in [1.807, 2.05) is 6.92 Å². The van der Waals surface area contributed by atoms with Gasteiger partial charge in [-0.3, -0.25) is 0 Å². The Hall–Kier alpha value is -0.760. The van der Waals surface area contributed by atoms with Crippen LogP contribution in [-0.2, 0) is 0 Å². The summed E-state index contributed by atoms with van der Waals surface area (Å²) in [5, 5.41) is -0.339. The van der Waals surface area contributed by atoms with Crippen LogP contribution in [0.1, 0.15) is 23.4 Å². The van der Waals surface area contributed by atoms with Gasteiger partial charge in [-0.25, -0.2) is 4.39 Å². The first-order valence-corrected chi connectivity index (χ1v) is 4.48. The number of aryl methyl sites for hydroxylation is 1. The summed E-state index contributed by atoms with van der Waals surface area (Å²) >= 11 is 5.81. The molecule has 0 aliphatic carbocycles. The van der Waals surface area contributed by atoms with E-state index in [9.17, 15) is 4.39 Å². The molecule has 0 spiro atoms. The molecule has 1 atom stereocenters. The maximum atomic E-state index is 13.5. The van der Waals surface area contributed by atoms with Gasteiger partial charge in [-0.15, -0.1) is 11.6 Å². The highest BCUT2D eigenvalue weighted by Gasteiger charge is 2.13. The second-order valence-corrected chi connectivity index (χ2v) is 3.64. The van der Waals surface area contributed by atoms with Crippen LogP contribution in [-0.4, -0.2) is 7.11 Å². The van der Waals surface area contributed by atoms with Gasteiger partial charge < -0.3 is 4.74 Å². The molecule has 0 aliphatic heterocycles. The summed E-state index contributed by atoms with van der Waals surface area (Å²) in [6, 6.07) is 3.38. The lowest BCUT2D eigenvalue weighted by Crippen LogP contribution is -1.96. The number of rotatable bonds is 2. The van der Waals surface area contributed by atoms with Crippen LogP contribution in [0.3, 0.4) is 0 Å². The molecule has 0 fully saturated rings. The van der Waals surface area contributed by atoms with Gasteiger partial charge in [-0.2, -0.15) is 0 Å². The highest BCUT2D eigenvalue weighted by molar-refractivity contribution is 6.20. The molecule has 0 saturated carbocycles. The molecule has 0 heterocycles. The fraction of sp³-hybridized carbons (Fsp3) is 0.400. The monoisotopic (exact) mass is 202 g/mol. The van der Waals surface area contributed by atoms with Crippen molar-refractivity contribution in [3.8, 4) is 5.75 Å². The van der Waals surface area contributed by atoms with Gasteiger partial charge in [-0.1, -0.05) is 6.07 Å². The van der Waals surface area contributed by atoms with Gasteiger partial charge in [0.1, 0.15) is 0 Å². The van der Waals surface area contributed by atoms with E-state index >= 15 is 0 Å². The van der Waals surface area contributed by atoms with Gasteiger partial charge in [0, 0.05) is 5.56 Å². The van der Waals surface area contributed by atoms with Crippen molar-refractivity contribution in [2.24, 2.45) is 0 Å². The Morgan fingerprint density at radius 1 is 1.46 bits per heavy atom. The summed E-state index contributed by atoms with van der Waals surface area (Å²) < 4.78 is 18.4. The van der Waals surface area contributed by atoms with Crippen LogP contribution in [0.2, 0.25) is 0 Å². The van der Waals surface area contributed by atoms with Crippen molar-refractivity contribution in [1.82, 2.24) is 0 Å². The normalized spacial score (nSPS) is 12.7. The fourth-order valence-electron chi connectivity index (χ4n) is 1.20. The van der Waals surface area contributed by atoms with E-state index in [4.69, 9.17) is 16.3 Å². The highest BCUT2D eigenvalue weighted by atomic mass is 35.5. The molecule has 1 unspecified atom stereocenters. The molecule has 0 amide bonds. The van der Waals surface area contributed by atoms with Crippen LogP contribution in [0.25, 0.3) is 0 Å². The predicted molar refractivity (Wildman–Crippen MR) is 52.0 cm³/mol. The Morgan fingerprint density at radius 2 is 2.08 bits per heavy atom. The average Bonchev–Trinajstić information content (AvgIpc) is 2.08. The summed E-state index contributed by atoms with van der Waals surface area (Å²) in [7, 11) is 1.44. The largest absolute Gasteiger partial charge is 0.494 e. The summed E-state index contributed by atoms with van der Waals surface area (Å²) in [6.07, 6.45) is 0. The van der Waals surface area contributed by atoms with Gasteiger partial charge in [0.05, 0.1) is 12.5 Å². The summed E-state index contributed by atoms with van der Waals surface area (Å²) in [5.41, 5.74) is 1.43. The Kier molecular flexibility index (Phi) is 3.15. The first kappa shape index (κ1) is 10.3. The van der Waals surface area contributed by atoms with E-state index in [2.05, 4.69) is 0 Å². The topological polar surface area (TPSA) is 9.23 Å². The Morgan fingerprint density at radius 3 is 2.54 bits per heavy atom. The minimum atomic E-state index is -0.365. The van der Waals surface area contributed by atoms with Crippen molar-refractivity contribution in [2.75, 3.05) is 7.11 Å². The summed E-state index contributed by atoms with van der Waals surface area (Å²) in [4.78, 5) is 0. The lowest BCUT2D eigenvalue weighted by atomic mass is 10.1. The van der Waals surface area contributed by atoms with Crippen LogP contribution in [0.15, 0.2) is 12.1 Å². The molecule has 72 valence electrons. The number of hydrogen-bond donors (Lipinski definition) is 0. The van der Waals surface area contributed by atoms with E-state index in [-0.39, 0.29) is 16.9 Å². The molecule has 0 N–H and O–H groups in total. The van der Waals surface area contributed by atoms with Crippen molar-refractivity contribution in [1.29, 1.82) is 0 Å². The van der Waals surface area contributed by atoms with Crippen LogP contribution < -0.4 is 4.74 Å². The number of methoxy groups -OCH3 is 1. The Balaban J connectivity index is 3.27. The second-order valence-electron chi connectivity index (χ2n) is 2.99. The number of benzene rings is 1. The van der Waals surface area contributed by atoms with Crippen molar-refractivity contribution < 1.29 is 9.13 Å². The van der Waals surface area contributed by atoms with Gasteiger partial charge >= 0.3 is 0 Å². The quantitative estimate of drug-likeness (QED) is 0.668. The summed E-state index contributed by atoms with van der Waals surface area (Å²) in [6.45, 7) is 3.61. The number of ether oxygens (including phenoxy) is 1. The predicted octanol–water partition coefficient (Wildman–Crippen LogP) is 3.44. The molecule has 1 nitrogen and oxygen atoms in total. The fourth-order valence-corrected chi connectivity index (χ4v) is 1.36. The van der Waals surface area contributed by atoms with Crippen LogP contribution in [0.5, 0.6) is 5.75 Å². The Bertz CT molecular complexity index is 310. The molecular weight excluding hydrogens is 191 g/mol. The molecule has 1 rings (SSSR count). The lowest BCUT2D eigenvalue weighted by Gasteiger charge is -2.10. The zero-order valence-electron chi connectivity index (χ0n) is 7.90. The smallest absolute Gasteiger partial charge is 0.169 e. The van der Waals surface area contributed by atoms with Crippen LogP contribution in [0.4, 0.5) is 4.39 Å². The van der Waals surface area contributed by atoms with E-state index in [0.29, 0.717) is 5.56 Å². The van der Waals surface area contributed by atoms with Gasteiger partial charge in [-0.05, 0) is 25.5 Å². The number of alkyl halides is 1. The molecule has 0 saturated heterocycles. The highest BCUT2D eigenvalue weighted by Crippen LogP contribution is 2.29. The SMILES string of the molecule is COc1cc(C)cc(C(C)Cl)c1F. The lowest BCUT2D eigenvalue weighted by molar-refractivity contribution is 0.383.